The number of hydrogen-bond donors (Lipinski definition) is 2. The molecular formula is C22H36N4O4. The monoisotopic (exact) mass is 420 g/mol. The van der Waals surface area contributed by atoms with Crippen LogP contribution in [-0.2, 0) is 15.9 Å². The van der Waals surface area contributed by atoms with E-state index in [2.05, 4.69) is 10.6 Å². The summed E-state index contributed by atoms with van der Waals surface area (Å²) in [6.07, 6.45) is 7.56. The number of amides is 1. The summed E-state index contributed by atoms with van der Waals surface area (Å²) >= 11 is 0. The molecule has 2 N–H and O–H groups in total. The first-order valence-electron chi connectivity index (χ1n) is 11.1. The number of furan rings is 1. The first-order chi connectivity index (χ1) is 14.6. The molecule has 8 nitrogen and oxygen atoms in total. The summed E-state index contributed by atoms with van der Waals surface area (Å²) in [5.41, 5.74) is 0.304. The van der Waals surface area contributed by atoms with Gasteiger partial charge in [-0.15, -0.1) is 0 Å². The van der Waals surface area contributed by atoms with Crippen LogP contribution in [0.2, 0.25) is 0 Å². The number of methoxy groups -OCH3 is 1. The normalized spacial score (nSPS) is 18.9. The van der Waals surface area contributed by atoms with Gasteiger partial charge in [0.25, 0.3) is 0 Å². The number of aliphatic imine (C=N–C) groups is 1. The van der Waals surface area contributed by atoms with Crippen LogP contribution in [0.25, 0.3) is 0 Å². The highest BCUT2D eigenvalue weighted by molar-refractivity contribution is 5.80. The van der Waals surface area contributed by atoms with Crippen LogP contribution in [0.1, 0.15) is 44.8 Å². The Hall–Kier alpha value is -2.22. The van der Waals surface area contributed by atoms with Crippen LogP contribution in [0, 0.1) is 5.41 Å². The molecule has 1 saturated carbocycles. The van der Waals surface area contributed by atoms with Crippen LogP contribution in [0.15, 0.2) is 27.8 Å². The molecule has 0 unspecified atom stereocenters. The Morgan fingerprint density at radius 1 is 1.37 bits per heavy atom. The van der Waals surface area contributed by atoms with Crippen LogP contribution in [0.4, 0.5) is 4.79 Å². The Morgan fingerprint density at radius 3 is 2.80 bits per heavy atom. The van der Waals surface area contributed by atoms with Crippen molar-refractivity contribution in [2.75, 3.05) is 46.5 Å². The van der Waals surface area contributed by atoms with Gasteiger partial charge >= 0.3 is 6.09 Å². The van der Waals surface area contributed by atoms with Gasteiger partial charge < -0.3 is 29.4 Å². The van der Waals surface area contributed by atoms with Gasteiger partial charge in [0.15, 0.2) is 5.96 Å². The molecule has 1 saturated heterocycles. The van der Waals surface area contributed by atoms with Gasteiger partial charge in [-0.2, -0.15) is 0 Å². The largest absolute Gasteiger partial charge is 0.469 e. The molecule has 1 aromatic rings. The third-order valence-electron chi connectivity index (χ3n) is 5.97. The second-order valence-electron chi connectivity index (χ2n) is 8.27. The summed E-state index contributed by atoms with van der Waals surface area (Å²) in [6, 6.07) is 4.19. The molecule has 168 valence electrons. The number of carbonyl (C=O) groups is 1. The van der Waals surface area contributed by atoms with Gasteiger partial charge in [-0.3, -0.25) is 4.99 Å². The van der Waals surface area contributed by atoms with Crippen molar-refractivity contribution in [3.05, 3.63) is 24.2 Å². The smallest absolute Gasteiger partial charge is 0.409 e. The number of ether oxygens (including phenoxy) is 2. The lowest BCUT2D eigenvalue weighted by atomic mass is 10.0. The van der Waals surface area contributed by atoms with E-state index in [9.17, 15) is 4.79 Å². The van der Waals surface area contributed by atoms with Gasteiger partial charge in [-0.1, -0.05) is 0 Å². The van der Waals surface area contributed by atoms with Gasteiger partial charge in [-0.25, -0.2) is 4.79 Å². The molecule has 1 aliphatic carbocycles. The highest BCUT2D eigenvalue weighted by atomic mass is 16.6. The summed E-state index contributed by atoms with van der Waals surface area (Å²) in [6.45, 7) is 6.01. The Labute approximate surface area is 179 Å². The van der Waals surface area contributed by atoms with Gasteiger partial charge in [-0.05, 0) is 56.6 Å². The fraction of sp³-hybridized carbons (Fsp3) is 0.727. The van der Waals surface area contributed by atoms with E-state index in [1.807, 2.05) is 19.1 Å². The molecule has 1 amide bonds. The predicted molar refractivity (Wildman–Crippen MR) is 116 cm³/mol. The van der Waals surface area contributed by atoms with Crippen molar-refractivity contribution in [2.45, 2.75) is 51.5 Å². The number of likely N-dealkylation sites (tertiary alicyclic amines) is 1. The average Bonchev–Trinajstić information content (AvgIpc) is 3.34. The lowest BCUT2D eigenvalue weighted by molar-refractivity contribution is 0.0963. The first-order valence-corrected chi connectivity index (χ1v) is 11.1. The van der Waals surface area contributed by atoms with Crippen LogP contribution in [0.5, 0.6) is 0 Å². The van der Waals surface area contributed by atoms with Crippen molar-refractivity contribution in [3.63, 3.8) is 0 Å². The fourth-order valence-corrected chi connectivity index (χ4v) is 3.76. The minimum atomic E-state index is -0.213. The lowest BCUT2D eigenvalue weighted by Gasteiger charge is -2.32. The molecule has 2 aliphatic rings. The number of guanidine groups is 1. The van der Waals surface area contributed by atoms with E-state index in [1.54, 1.807) is 18.3 Å². The summed E-state index contributed by atoms with van der Waals surface area (Å²) < 4.78 is 15.8. The van der Waals surface area contributed by atoms with Gasteiger partial charge in [0, 0.05) is 52.4 Å². The minimum absolute atomic E-state index is 0.213. The Morgan fingerprint density at radius 2 is 2.17 bits per heavy atom. The zero-order valence-electron chi connectivity index (χ0n) is 18.3. The number of piperidine rings is 1. The van der Waals surface area contributed by atoms with Crippen molar-refractivity contribution in [1.29, 1.82) is 0 Å². The summed E-state index contributed by atoms with van der Waals surface area (Å²) in [7, 11) is 1.76. The lowest BCUT2D eigenvalue weighted by Crippen LogP contribution is -2.50. The Balaban J connectivity index is 1.51. The Kier molecular flexibility index (Phi) is 8.42. The molecule has 3 rings (SSSR count). The van der Waals surface area contributed by atoms with E-state index in [4.69, 9.17) is 18.9 Å². The maximum absolute atomic E-state index is 11.9. The molecule has 8 heteroatoms. The van der Waals surface area contributed by atoms with E-state index in [1.165, 1.54) is 12.8 Å². The van der Waals surface area contributed by atoms with Gasteiger partial charge in [0.1, 0.15) is 5.76 Å². The molecule has 30 heavy (non-hydrogen) atoms. The van der Waals surface area contributed by atoms with Crippen LogP contribution >= 0.6 is 0 Å². The van der Waals surface area contributed by atoms with Crippen LogP contribution < -0.4 is 10.6 Å². The van der Waals surface area contributed by atoms with Gasteiger partial charge in [0.2, 0.25) is 0 Å². The molecule has 2 heterocycles. The summed E-state index contributed by atoms with van der Waals surface area (Å²) in [4.78, 5) is 18.6. The summed E-state index contributed by atoms with van der Waals surface area (Å²) in [5.74, 6) is 1.81. The molecule has 1 aromatic heterocycles. The predicted octanol–water partition coefficient (Wildman–Crippen LogP) is 2.79. The van der Waals surface area contributed by atoms with E-state index < -0.39 is 0 Å². The van der Waals surface area contributed by atoms with Crippen molar-refractivity contribution < 1.29 is 18.7 Å². The number of nitrogens with zero attached hydrogens (tertiary/aromatic N) is 2. The molecule has 0 radical (unpaired) electrons. The molecular weight excluding hydrogens is 384 g/mol. The van der Waals surface area contributed by atoms with Crippen molar-refractivity contribution in [1.82, 2.24) is 15.5 Å². The van der Waals surface area contributed by atoms with E-state index in [-0.39, 0.29) is 6.09 Å². The quantitative estimate of drug-likeness (QED) is 0.447. The third-order valence-corrected chi connectivity index (χ3v) is 5.97. The third kappa shape index (κ3) is 6.93. The number of carbonyl (C=O) groups excluding carboxylic acids is 1. The molecule has 0 bridgehead atoms. The zero-order chi connectivity index (χ0) is 21.2. The van der Waals surface area contributed by atoms with E-state index in [0.29, 0.717) is 31.2 Å². The second-order valence-corrected chi connectivity index (χ2v) is 8.27. The molecule has 2 fully saturated rings. The topological polar surface area (TPSA) is 88.3 Å². The highest BCUT2D eigenvalue weighted by Crippen LogP contribution is 2.48. The van der Waals surface area contributed by atoms with E-state index >= 15 is 0 Å². The molecule has 0 spiro atoms. The van der Waals surface area contributed by atoms with Crippen molar-refractivity contribution in [3.8, 4) is 0 Å². The van der Waals surface area contributed by atoms with Crippen molar-refractivity contribution >= 4 is 12.1 Å². The average molecular weight is 421 g/mol. The highest BCUT2D eigenvalue weighted by Gasteiger charge is 2.41. The van der Waals surface area contributed by atoms with E-state index in [0.717, 1.165) is 57.1 Å². The van der Waals surface area contributed by atoms with Crippen LogP contribution in [-0.4, -0.2) is 69.5 Å². The SMILES string of the molecule is CCOC(=O)N1CCC(NC(=NCC2(CCOC)CC2)NCCc2ccco2)CC1. The molecule has 0 aromatic carbocycles. The Bertz CT molecular complexity index is 665. The van der Waals surface area contributed by atoms with Crippen LogP contribution in [0.3, 0.4) is 0 Å². The number of rotatable bonds is 10. The van der Waals surface area contributed by atoms with Crippen molar-refractivity contribution in [2.24, 2.45) is 10.4 Å². The zero-order valence-corrected chi connectivity index (χ0v) is 18.3. The number of hydrogen-bond acceptors (Lipinski definition) is 5. The molecule has 1 aliphatic heterocycles. The standard InChI is InChI=1S/C22H36N4O4/c1-3-29-21(27)26-13-7-18(8-14-26)25-20(23-12-6-19-5-4-15-30-19)24-17-22(9-10-22)11-16-28-2/h4-5,15,18H,3,6-14,16-17H2,1-2H3,(H2,23,24,25). The first kappa shape index (κ1) is 22.5. The number of nitrogens with one attached hydrogen (secondary N) is 2. The minimum Gasteiger partial charge on any atom is -0.469 e. The molecule has 0 atom stereocenters. The maximum atomic E-state index is 11.9. The van der Waals surface area contributed by atoms with Gasteiger partial charge in [0.05, 0.1) is 12.9 Å². The summed E-state index contributed by atoms with van der Waals surface area (Å²) in [5, 5.41) is 7.04. The maximum Gasteiger partial charge on any atom is 0.409 e. The second kappa shape index (κ2) is 11.2. The fourth-order valence-electron chi connectivity index (χ4n) is 3.76.